The molecule has 1 fully saturated rings. The van der Waals surface area contributed by atoms with Gasteiger partial charge < -0.3 is 65.2 Å². The van der Waals surface area contributed by atoms with Crippen LogP contribution in [0, 0.1) is 35.0 Å². The lowest BCUT2D eigenvalue weighted by Gasteiger charge is -2.41. The largest absolute Gasteiger partial charge is 0.464 e. The zero-order chi connectivity index (χ0) is 62.0. The van der Waals surface area contributed by atoms with Crippen LogP contribution in [-0.2, 0) is 63.7 Å². The molecule has 0 aromatic heterocycles. The van der Waals surface area contributed by atoms with E-state index in [2.05, 4.69) is 26.6 Å². The van der Waals surface area contributed by atoms with Crippen molar-refractivity contribution in [3.8, 4) is 0 Å². The molecular weight excluding hydrogens is 1060 g/mol. The fourth-order valence-electron chi connectivity index (χ4n) is 10.4. The summed E-state index contributed by atoms with van der Waals surface area (Å²) in [5.41, 5.74) is 0.0798. The summed E-state index contributed by atoms with van der Waals surface area (Å²) >= 11 is 0. The summed E-state index contributed by atoms with van der Waals surface area (Å²) in [6.07, 6.45) is 0.0507. The van der Waals surface area contributed by atoms with Crippen LogP contribution in [0.2, 0.25) is 0 Å². The lowest BCUT2D eigenvalue weighted by Crippen LogP contribution is -2.59. The number of carbonyl (C=O) groups is 8. The van der Waals surface area contributed by atoms with Gasteiger partial charge in [0.05, 0.1) is 43.9 Å². The van der Waals surface area contributed by atoms with Crippen molar-refractivity contribution in [1.29, 1.82) is 0 Å². The molecule has 22 heteroatoms. The molecule has 1 aromatic rings. The number of rotatable bonds is 36. The lowest BCUT2D eigenvalue weighted by molar-refractivity contribution is -0.181. The van der Waals surface area contributed by atoms with Gasteiger partial charge >= 0.3 is 12.1 Å². The third-order valence-corrected chi connectivity index (χ3v) is 15.6. The van der Waals surface area contributed by atoms with Crippen molar-refractivity contribution in [3.63, 3.8) is 0 Å². The molecule has 2 unspecified atom stereocenters. The molecule has 1 aromatic carbocycles. The highest BCUT2D eigenvalue weighted by Gasteiger charge is 2.43. The first kappa shape index (κ1) is 72.7. The molecule has 0 bridgehead atoms. The van der Waals surface area contributed by atoms with Crippen LogP contribution in [-0.4, -0.2) is 197 Å². The number of carbonyl (C=O) groups excluding carboxylic acids is 8. The number of hydrogen-bond acceptors (Lipinski definition) is 15. The zero-order valence-corrected chi connectivity index (χ0v) is 52.5. The third-order valence-electron chi connectivity index (χ3n) is 15.6. The average molecular weight is 1160 g/mol. The van der Waals surface area contributed by atoms with Crippen LogP contribution in [0.1, 0.15) is 134 Å². The van der Waals surface area contributed by atoms with Crippen LogP contribution in [0.4, 0.5) is 4.79 Å². The van der Waals surface area contributed by atoms with Gasteiger partial charge in [0.1, 0.15) is 24.7 Å². The number of hydrogen-bond donors (Lipinski definition) is 6. The van der Waals surface area contributed by atoms with Crippen LogP contribution in [0.3, 0.4) is 0 Å². The molecule has 22 nitrogen and oxygen atoms in total. The van der Waals surface area contributed by atoms with Crippen LogP contribution < -0.4 is 26.6 Å². The number of nitrogens with one attached hydrogen (secondary N) is 5. The fraction of sp³-hybridized carbons (Fsp3) is 0.767. The van der Waals surface area contributed by atoms with Gasteiger partial charge in [0.15, 0.2) is 6.29 Å². The molecule has 1 aliphatic heterocycles. The second kappa shape index (κ2) is 36.3. The van der Waals surface area contributed by atoms with Gasteiger partial charge in [0, 0.05) is 65.7 Å². The maximum absolute atomic E-state index is 14.5. The van der Waals surface area contributed by atoms with Crippen molar-refractivity contribution in [2.75, 3.05) is 74.8 Å². The quantitative estimate of drug-likeness (QED) is 0.0308. The number of likely N-dealkylation sites (N-methyl/N-ethyl adjacent to an activating group) is 2. The lowest BCUT2D eigenvalue weighted by atomic mass is 9.86. The Balaban J connectivity index is 2.10. The number of aliphatic hydroxyl groups excluding tert-OH is 1. The summed E-state index contributed by atoms with van der Waals surface area (Å²) in [5.74, 6) is -3.80. The Morgan fingerprint density at radius 1 is 0.793 bits per heavy atom. The van der Waals surface area contributed by atoms with Gasteiger partial charge in [-0.2, -0.15) is 0 Å². The van der Waals surface area contributed by atoms with Gasteiger partial charge in [-0.25, -0.2) is 9.59 Å². The minimum Gasteiger partial charge on any atom is -0.464 e. The van der Waals surface area contributed by atoms with Gasteiger partial charge in [0.25, 0.3) is 0 Å². The Morgan fingerprint density at radius 3 is 2.00 bits per heavy atom. The molecule has 1 saturated heterocycles. The molecule has 1 aliphatic rings. The van der Waals surface area contributed by atoms with E-state index in [-0.39, 0.29) is 112 Å². The highest BCUT2D eigenvalue weighted by Crippen LogP contribution is 2.32. The number of methoxy groups -OCH3 is 2. The van der Waals surface area contributed by atoms with Gasteiger partial charge in [-0.05, 0) is 74.4 Å². The predicted octanol–water partition coefficient (Wildman–Crippen LogP) is 4.44. The number of likely N-dealkylation sites (tertiary alicyclic amines) is 1. The van der Waals surface area contributed by atoms with Gasteiger partial charge in [-0.3, -0.25) is 33.7 Å². The third kappa shape index (κ3) is 23.3. The highest BCUT2D eigenvalue weighted by atomic mass is 16.7. The number of ether oxygens (including phenoxy) is 5. The van der Waals surface area contributed by atoms with E-state index in [1.807, 2.05) is 110 Å². The van der Waals surface area contributed by atoms with E-state index in [0.717, 1.165) is 12.0 Å². The molecule has 0 saturated carbocycles. The predicted molar refractivity (Wildman–Crippen MR) is 313 cm³/mol. The molecule has 468 valence electrons. The summed E-state index contributed by atoms with van der Waals surface area (Å²) in [4.78, 5) is 114. The molecule has 0 aliphatic carbocycles. The molecule has 1 heterocycles. The molecule has 82 heavy (non-hydrogen) atoms. The van der Waals surface area contributed by atoms with Crippen LogP contribution >= 0.6 is 0 Å². The molecule has 0 spiro atoms. The Bertz CT molecular complexity index is 2130. The molecule has 0 radical (unpaired) electrons. The van der Waals surface area contributed by atoms with E-state index in [1.165, 1.54) is 7.11 Å². The van der Waals surface area contributed by atoms with Crippen LogP contribution in [0.15, 0.2) is 30.3 Å². The van der Waals surface area contributed by atoms with E-state index in [4.69, 9.17) is 23.7 Å². The van der Waals surface area contributed by atoms with E-state index in [0.29, 0.717) is 25.8 Å². The molecule has 7 amide bonds. The number of esters is 1. The monoisotopic (exact) mass is 1160 g/mol. The van der Waals surface area contributed by atoms with E-state index in [1.54, 1.807) is 46.8 Å². The zero-order valence-electron chi connectivity index (χ0n) is 52.5. The summed E-state index contributed by atoms with van der Waals surface area (Å²) < 4.78 is 27.4. The number of nitrogens with zero attached hydrogens (tertiary/aromatic N) is 3. The molecule has 12 atom stereocenters. The average Bonchev–Trinajstić information content (AvgIpc) is 4.08. The first-order valence-corrected chi connectivity index (χ1v) is 29.4. The smallest absolute Gasteiger partial charge is 0.407 e. The topological polar surface area (TPSA) is 273 Å². The number of amides is 7. The van der Waals surface area contributed by atoms with Crippen molar-refractivity contribution >= 4 is 47.5 Å². The van der Waals surface area contributed by atoms with Gasteiger partial charge in [-0.15, -0.1) is 0 Å². The Morgan fingerprint density at radius 2 is 1.45 bits per heavy atom. The van der Waals surface area contributed by atoms with E-state index >= 15 is 0 Å². The number of benzene rings is 1. The number of aliphatic hydroxyl groups is 1. The van der Waals surface area contributed by atoms with Gasteiger partial charge in [0.2, 0.25) is 35.4 Å². The van der Waals surface area contributed by atoms with Crippen LogP contribution in [0.25, 0.3) is 0 Å². The Labute approximate surface area is 489 Å². The second-order valence-corrected chi connectivity index (χ2v) is 23.8. The fourth-order valence-corrected chi connectivity index (χ4v) is 10.4. The van der Waals surface area contributed by atoms with E-state index < -0.39 is 83.9 Å². The van der Waals surface area contributed by atoms with Crippen molar-refractivity contribution in [1.82, 2.24) is 41.3 Å². The molecule has 2 rings (SSSR count). The summed E-state index contributed by atoms with van der Waals surface area (Å²) in [5, 5.41) is 23.5. The second-order valence-electron chi connectivity index (χ2n) is 23.8. The SMILES string of the molecule is CCC(CO)OC(COC(=O)NCCC(=O)N[C@@H](C(=O)OCCCNC(=O)[C@@H](Cc1ccccc1)NC(=O)[C@@H](C)[C@H](C)[C@H]1CCCN1C(=O)C[C@H](OC)[C@@H]([C@H](C)CC)N(C)C(=O)[C@H](NC(=O)[C@@H](C(C)C)N(C)C)C(C)C)C(C)(C)C)OC. The van der Waals surface area contributed by atoms with E-state index in [9.17, 15) is 43.5 Å². The van der Waals surface area contributed by atoms with Crippen molar-refractivity contribution < 1.29 is 67.1 Å². The van der Waals surface area contributed by atoms with Crippen molar-refractivity contribution in [3.05, 3.63) is 35.9 Å². The standard InChI is InChI=1S/C60H104N8O14/c1-18-39(7)52(67(15)57(75)50(37(3)4)65-56(74)51(38(5)6)66(13)14)46(78-16)34-48(71)68-31-23-27-45(68)40(8)41(9)54(72)63-44(33-42-25-21-20-22-26-42)55(73)61-29-24-32-80-58(76)53(60(10,11)12)64-47(70)28-30-62-59(77)81-36-49(79-17)82-43(19-2)35-69/h20-22,25-26,37-41,43-46,49-53,69H,18-19,23-24,27-36H2,1-17H3,(H,61,73)(H,62,77)(H,63,72)(H,64,70)(H,65,74)/t39-,40+,41+,43?,44-,45-,46+,49?,50-,51-,52-,53+/m1/s1. The minimum atomic E-state index is -1.03. The Hall–Kier alpha value is -5.42. The molecular formula is C60H104N8O14. The minimum absolute atomic E-state index is 0.00486. The number of alkyl carbamates (subject to hydrolysis) is 1. The van der Waals surface area contributed by atoms with Crippen LogP contribution in [0.5, 0.6) is 0 Å². The highest BCUT2D eigenvalue weighted by molar-refractivity contribution is 5.91. The maximum Gasteiger partial charge on any atom is 0.407 e. The van der Waals surface area contributed by atoms with Crippen molar-refractivity contribution in [2.24, 2.45) is 35.0 Å². The molecule has 6 N–H and O–H groups in total. The summed E-state index contributed by atoms with van der Waals surface area (Å²) in [6.45, 7) is 22.6. The van der Waals surface area contributed by atoms with Crippen molar-refractivity contribution in [2.45, 2.75) is 189 Å². The van der Waals surface area contributed by atoms with Gasteiger partial charge in [-0.1, -0.05) is 120 Å². The first-order valence-electron chi connectivity index (χ1n) is 29.4. The maximum atomic E-state index is 14.5. The first-order chi connectivity index (χ1) is 38.6. The Kier molecular flexibility index (Phi) is 32.2. The summed E-state index contributed by atoms with van der Waals surface area (Å²) in [7, 11) is 8.33. The summed E-state index contributed by atoms with van der Waals surface area (Å²) in [6, 6.07) is 5.30. The normalized spacial score (nSPS) is 17.7.